The van der Waals surface area contributed by atoms with Gasteiger partial charge in [0.15, 0.2) is 5.96 Å². The second-order valence-corrected chi connectivity index (χ2v) is 5.97. The molecule has 0 aromatic heterocycles. The number of amides is 1. The summed E-state index contributed by atoms with van der Waals surface area (Å²) < 4.78 is 13.6. The minimum Gasteiger partial charge on any atom is -0.357 e. The third-order valence-electron chi connectivity index (χ3n) is 3.76. The number of rotatable bonds is 9. The molecular weight excluding hydrogens is 434 g/mol. The topological polar surface area (TPSA) is 65.5 Å². The maximum atomic E-state index is 13.6. The third kappa shape index (κ3) is 9.04. The van der Waals surface area contributed by atoms with E-state index in [4.69, 9.17) is 0 Å². The van der Waals surface area contributed by atoms with Gasteiger partial charge in [-0.2, -0.15) is 0 Å². The first-order valence-electron chi connectivity index (χ1n) is 8.74. The van der Waals surface area contributed by atoms with Gasteiger partial charge in [0.2, 0.25) is 5.91 Å². The molecular formula is C18H28FIN4O. The van der Waals surface area contributed by atoms with E-state index >= 15 is 0 Å². The predicted octanol–water partition coefficient (Wildman–Crippen LogP) is 2.60. The van der Waals surface area contributed by atoms with E-state index in [-0.39, 0.29) is 35.7 Å². The molecule has 2 rings (SSSR count). The van der Waals surface area contributed by atoms with Crippen LogP contribution in [0, 0.1) is 5.82 Å². The average molecular weight is 462 g/mol. The summed E-state index contributed by atoms with van der Waals surface area (Å²) in [4.78, 5) is 16.1. The van der Waals surface area contributed by atoms with Gasteiger partial charge in [0.1, 0.15) is 5.82 Å². The van der Waals surface area contributed by atoms with Crippen LogP contribution in [0.4, 0.5) is 4.39 Å². The molecule has 7 heteroatoms. The van der Waals surface area contributed by atoms with E-state index in [1.54, 1.807) is 12.1 Å². The van der Waals surface area contributed by atoms with Gasteiger partial charge in [-0.15, -0.1) is 24.0 Å². The highest BCUT2D eigenvalue weighted by Gasteiger charge is 2.22. The maximum Gasteiger partial charge on any atom is 0.220 e. The normalized spacial score (nSPS) is 13.8. The molecule has 0 aliphatic heterocycles. The lowest BCUT2D eigenvalue weighted by atomic mass is 10.1. The van der Waals surface area contributed by atoms with Crippen molar-refractivity contribution in [1.82, 2.24) is 16.0 Å². The van der Waals surface area contributed by atoms with Gasteiger partial charge in [0, 0.05) is 32.1 Å². The van der Waals surface area contributed by atoms with Crippen molar-refractivity contribution < 1.29 is 9.18 Å². The summed E-state index contributed by atoms with van der Waals surface area (Å²) in [5, 5.41) is 9.33. The molecule has 1 aliphatic rings. The Kier molecular flexibility index (Phi) is 10.4. The van der Waals surface area contributed by atoms with E-state index in [0.717, 1.165) is 25.8 Å². The van der Waals surface area contributed by atoms with Crippen LogP contribution in [0.1, 0.15) is 38.2 Å². The summed E-state index contributed by atoms with van der Waals surface area (Å²) in [6.45, 7) is 3.95. The first-order chi connectivity index (χ1) is 11.7. The van der Waals surface area contributed by atoms with Gasteiger partial charge in [-0.05, 0) is 44.2 Å². The van der Waals surface area contributed by atoms with Crippen LogP contribution in [-0.2, 0) is 11.2 Å². The second kappa shape index (κ2) is 12.1. The largest absolute Gasteiger partial charge is 0.357 e. The smallest absolute Gasteiger partial charge is 0.220 e. The van der Waals surface area contributed by atoms with E-state index in [1.807, 2.05) is 13.0 Å². The van der Waals surface area contributed by atoms with Crippen LogP contribution in [0.15, 0.2) is 29.3 Å². The molecule has 1 saturated carbocycles. The summed E-state index contributed by atoms with van der Waals surface area (Å²) >= 11 is 0. The van der Waals surface area contributed by atoms with Crippen LogP contribution in [-0.4, -0.2) is 37.5 Å². The number of hydrogen-bond donors (Lipinski definition) is 3. The average Bonchev–Trinajstić information content (AvgIpc) is 3.37. The van der Waals surface area contributed by atoms with E-state index in [9.17, 15) is 9.18 Å². The molecule has 1 aliphatic carbocycles. The molecule has 1 aromatic rings. The van der Waals surface area contributed by atoms with Crippen molar-refractivity contribution in [3.05, 3.63) is 35.6 Å². The number of nitrogens with one attached hydrogen (secondary N) is 3. The minimum absolute atomic E-state index is 0. The molecule has 3 N–H and O–H groups in total. The first-order valence-corrected chi connectivity index (χ1v) is 8.74. The van der Waals surface area contributed by atoms with E-state index in [1.165, 1.54) is 6.07 Å². The molecule has 0 saturated heterocycles. The van der Waals surface area contributed by atoms with Crippen LogP contribution >= 0.6 is 24.0 Å². The fourth-order valence-electron chi connectivity index (χ4n) is 2.32. The standard InChI is InChI=1S/C18H27FN4O.HI/c1-2-20-18(21-12-5-8-17(24)23-15-9-10-15)22-13-11-14-6-3-4-7-16(14)19;/h3-4,6-7,15H,2,5,8-13H2,1H3,(H,23,24)(H2,20,21,22);1H. The summed E-state index contributed by atoms with van der Waals surface area (Å²) in [7, 11) is 0. The molecule has 0 bridgehead atoms. The molecule has 0 spiro atoms. The molecule has 0 atom stereocenters. The molecule has 0 radical (unpaired) electrons. The van der Waals surface area contributed by atoms with Gasteiger partial charge < -0.3 is 16.0 Å². The summed E-state index contributed by atoms with van der Waals surface area (Å²) in [5.74, 6) is 0.643. The molecule has 5 nitrogen and oxygen atoms in total. The minimum atomic E-state index is -0.178. The Bertz CT molecular complexity index is 564. The highest BCUT2D eigenvalue weighted by molar-refractivity contribution is 14.0. The Balaban J connectivity index is 0.00000312. The number of hydrogen-bond acceptors (Lipinski definition) is 2. The van der Waals surface area contributed by atoms with Crippen LogP contribution in [0.5, 0.6) is 0 Å². The Hall–Kier alpha value is -1.38. The molecule has 1 aromatic carbocycles. The quantitative estimate of drug-likeness (QED) is 0.229. The van der Waals surface area contributed by atoms with Gasteiger partial charge in [-0.1, -0.05) is 18.2 Å². The Morgan fingerprint density at radius 1 is 1.28 bits per heavy atom. The number of guanidine groups is 1. The number of carbonyl (C=O) groups is 1. The van der Waals surface area contributed by atoms with Gasteiger partial charge in [-0.25, -0.2) is 4.39 Å². The highest BCUT2D eigenvalue weighted by Crippen LogP contribution is 2.18. The van der Waals surface area contributed by atoms with Crippen molar-refractivity contribution in [3.8, 4) is 0 Å². The summed E-state index contributed by atoms with van der Waals surface area (Å²) in [6.07, 6.45) is 4.05. The third-order valence-corrected chi connectivity index (χ3v) is 3.76. The first kappa shape index (κ1) is 21.7. The second-order valence-electron chi connectivity index (χ2n) is 5.97. The van der Waals surface area contributed by atoms with Crippen molar-refractivity contribution in [3.63, 3.8) is 0 Å². The maximum absolute atomic E-state index is 13.6. The van der Waals surface area contributed by atoms with E-state index < -0.39 is 0 Å². The van der Waals surface area contributed by atoms with Gasteiger partial charge >= 0.3 is 0 Å². The van der Waals surface area contributed by atoms with Crippen molar-refractivity contribution in [2.45, 2.75) is 45.1 Å². The molecule has 140 valence electrons. The fourth-order valence-corrected chi connectivity index (χ4v) is 2.32. The zero-order chi connectivity index (χ0) is 17.2. The van der Waals surface area contributed by atoms with Crippen molar-refractivity contribution in [2.24, 2.45) is 4.99 Å². The summed E-state index contributed by atoms with van der Waals surface area (Å²) in [5.41, 5.74) is 0.692. The summed E-state index contributed by atoms with van der Waals surface area (Å²) in [6, 6.07) is 7.21. The Morgan fingerprint density at radius 3 is 2.72 bits per heavy atom. The number of aliphatic imine (C=N–C) groups is 1. The zero-order valence-electron chi connectivity index (χ0n) is 14.7. The Labute approximate surface area is 166 Å². The lowest BCUT2D eigenvalue weighted by Gasteiger charge is -2.11. The van der Waals surface area contributed by atoms with Crippen LogP contribution < -0.4 is 16.0 Å². The van der Waals surface area contributed by atoms with Gasteiger partial charge in [0.25, 0.3) is 0 Å². The Morgan fingerprint density at radius 2 is 2.04 bits per heavy atom. The molecule has 0 unspecified atom stereocenters. The van der Waals surface area contributed by atoms with Gasteiger partial charge in [0.05, 0.1) is 0 Å². The van der Waals surface area contributed by atoms with Crippen LogP contribution in [0.25, 0.3) is 0 Å². The zero-order valence-corrected chi connectivity index (χ0v) is 17.0. The SMILES string of the molecule is CCNC(=NCCCC(=O)NC1CC1)NCCc1ccccc1F.I. The van der Waals surface area contributed by atoms with E-state index in [2.05, 4.69) is 20.9 Å². The highest BCUT2D eigenvalue weighted by atomic mass is 127. The number of carbonyl (C=O) groups excluding carboxylic acids is 1. The van der Waals surface area contributed by atoms with Crippen molar-refractivity contribution in [2.75, 3.05) is 19.6 Å². The number of benzene rings is 1. The molecule has 0 heterocycles. The van der Waals surface area contributed by atoms with Crippen LogP contribution in [0.2, 0.25) is 0 Å². The van der Waals surface area contributed by atoms with Crippen molar-refractivity contribution >= 4 is 35.8 Å². The predicted molar refractivity (Wildman–Crippen MR) is 110 cm³/mol. The van der Waals surface area contributed by atoms with Crippen LogP contribution in [0.3, 0.4) is 0 Å². The number of halogens is 2. The molecule has 1 fully saturated rings. The van der Waals surface area contributed by atoms with E-state index in [0.29, 0.717) is 43.5 Å². The van der Waals surface area contributed by atoms with Crippen molar-refractivity contribution in [1.29, 1.82) is 0 Å². The molecule has 25 heavy (non-hydrogen) atoms. The lowest BCUT2D eigenvalue weighted by molar-refractivity contribution is -0.121. The lowest BCUT2D eigenvalue weighted by Crippen LogP contribution is -2.38. The number of nitrogens with zero attached hydrogens (tertiary/aromatic N) is 1. The fraction of sp³-hybridized carbons (Fsp3) is 0.556. The molecule has 1 amide bonds. The monoisotopic (exact) mass is 462 g/mol. The van der Waals surface area contributed by atoms with Gasteiger partial charge in [-0.3, -0.25) is 9.79 Å².